The number of sulfonamides is 1. The molecule has 21 heavy (non-hydrogen) atoms. The first-order chi connectivity index (χ1) is 9.61. The van der Waals surface area contributed by atoms with Gasteiger partial charge >= 0.3 is 0 Å². The lowest BCUT2D eigenvalue weighted by atomic mass is 10.1. The summed E-state index contributed by atoms with van der Waals surface area (Å²) in [6.45, 7) is 1.76. The van der Waals surface area contributed by atoms with Gasteiger partial charge in [0.15, 0.2) is 9.84 Å². The van der Waals surface area contributed by atoms with Crippen LogP contribution in [0.4, 0.5) is 0 Å². The van der Waals surface area contributed by atoms with Crippen LogP contribution in [0.3, 0.4) is 0 Å². The fraction of sp³-hybridized carbons (Fsp3) is 0.500. The molecule has 0 radical (unpaired) electrons. The van der Waals surface area contributed by atoms with Gasteiger partial charge < -0.3 is 0 Å². The monoisotopic (exact) mass is 371 g/mol. The summed E-state index contributed by atoms with van der Waals surface area (Å²) in [6, 6.07) is 2.78. The van der Waals surface area contributed by atoms with Gasteiger partial charge in [-0.2, -0.15) is 0 Å². The summed E-state index contributed by atoms with van der Waals surface area (Å²) in [4.78, 5) is -0.0491. The second-order valence-corrected chi connectivity index (χ2v) is 9.93. The van der Waals surface area contributed by atoms with E-state index >= 15 is 0 Å². The predicted molar refractivity (Wildman–Crippen MR) is 83.1 cm³/mol. The van der Waals surface area contributed by atoms with Gasteiger partial charge in [0.05, 0.1) is 16.5 Å². The van der Waals surface area contributed by atoms with E-state index in [2.05, 4.69) is 4.72 Å². The fourth-order valence-corrected chi connectivity index (χ4v) is 5.98. The lowest BCUT2D eigenvalue weighted by Gasteiger charge is -2.12. The molecule has 1 atom stereocenters. The van der Waals surface area contributed by atoms with Crippen LogP contribution in [0.15, 0.2) is 17.0 Å². The van der Waals surface area contributed by atoms with Crippen molar-refractivity contribution < 1.29 is 16.8 Å². The molecule has 0 saturated carbocycles. The molecule has 9 heteroatoms. The highest BCUT2D eigenvalue weighted by Gasteiger charge is 2.29. The van der Waals surface area contributed by atoms with E-state index < -0.39 is 19.9 Å². The van der Waals surface area contributed by atoms with Gasteiger partial charge in [-0.1, -0.05) is 23.2 Å². The first kappa shape index (κ1) is 17.0. The third kappa shape index (κ3) is 4.10. The minimum atomic E-state index is -3.79. The van der Waals surface area contributed by atoms with Crippen LogP contribution >= 0.6 is 23.2 Å². The molecule has 0 aromatic heterocycles. The molecular weight excluding hydrogens is 357 g/mol. The lowest BCUT2D eigenvalue weighted by Crippen LogP contribution is -2.30. The molecule has 0 amide bonds. The third-order valence-electron chi connectivity index (χ3n) is 3.39. The highest BCUT2D eigenvalue weighted by molar-refractivity contribution is 7.91. The van der Waals surface area contributed by atoms with Gasteiger partial charge in [0.1, 0.15) is 4.90 Å². The first-order valence-corrected chi connectivity index (χ1v) is 10.3. The van der Waals surface area contributed by atoms with E-state index in [0.717, 1.165) is 0 Å². The zero-order chi connectivity index (χ0) is 15.8. The topological polar surface area (TPSA) is 80.3 Å². The lowest BCUT2D eigenvalue weighted by molar-refractivity contribution is 0.543. The van der Waals surface area contributed by atoms with Gasteiger partial charge in [0, 0.05) is 11.6 Å². The smallest absolute Gasteiger partial charge is 0.229 e. The molecule has 0 bridgehead atoms. The molecule has 1 saturated heterocycles. The van der Waals surface area contributed by atoms with Crippen LogP contribution in [-0.4, -0.2) is 34.9 Å². The van der Waals surface area contributed by atoms with E-state index in [1.165, 1.54) is 12.1 Å². The SMILES string of the molecule is Cc1cc(S(=O)(=O)NCC2CCS(=O)(=O)C2)c(Cl)cc1Cl. The average Bonchev–Trinajstić information content (AvgIpc) is 2.71. The summed E-state index contributed by atoms with van der Waals surface area (Å²) >= 11 is 11.8. The van der Waals surface area contributed by atoms with E-state index in [-0.39, 0.29) is 33.9 Å². The summed E-state index contributed by atoms with van der Waals surface area (Å²) in [6.07, 6.45) is 0.470. The van der Waals surface area contributed by atoms with Crippen molar-refractivity contribution in [2.45, 2.75) is 18.2 Å². The fourth-order valence-electron chi connectivity index (χ4n) is 2.17. The van der Waals surface area contributed by atoms with Crippen LogP contribution in [0.25, 0.3) is 0 Å². The van der Waals surface area contributed by atoms with Gasteiger partial charge in [-0.05, 0) is 37.0 Å². The molecule has 1 heterocycles. The van der Waals surface area contributed by atoms with Crippen molar-refractivity contribution in [1.82, 2.24) is 4.72 Å². The van der Waals surface area contributed by atoms with E-state index in [9.17, 15) is 16.8 Å². The van der Waals surface area contributed by atoms with Crippen molar-refractivity contribution >= 4 is 43.1 Å². The van der Waals surface area contributed by atoms with E-state index in [1.54, 1.807) is 6.92 Å². The Bertz CT molecular complexity index is 760. The Morgan fingerprint density at radius 2 is 1.95 bits per heavy atom. The largest absolute Gasteiger partial charge is 0.242 e. The molecule has 1 unspecified atom stereocenters. The van der Waals surface area contributed by atoms with Crippen LogP contribution in [0.1, 0.15) is 12.0 Å². The Labute approximate surface area is 134 Å². The Morgan fingerprint density at radius 3 is 2.52 bits per heavy atom. The van der Waals surface area contributed by atoms with Crippen LogP contribution in [-0.2, 0) is 19.9 Å². The zero-order valence-corrected chi connectivity index (χ0v) is 14.4. The van der Waals surface area contributed by atoms with Gasteiger partial charge in [-0.25, -0.2) is 21.6 Å². The van der Waals surface area contributed by atoms with Crippen molar-refractivity contribution in [3.8, 4) is 0 Å². The normalized spacial score (nSPS) is 21.6. The van der Waals surface area contributed by atoms with Crippen molar-refractivity contribution in [2.24, 2.45) is 5.92 Å². The van der Waals surface area contributed by atoms with Crippen LogP contribution < -0.4 is 4.72 Å². The molecular formula is C12H15Cl2NO4S2. The summed E-state index contributed by atoms with van der Waals surface area (Å²) < 4.78 is 49.6. The molecule has 5 nitrogen and oxygen atoms in total. The minimum absolute atomic E-state index is 0.0168. The number of halogens is 2. The van der Waals surface area contributed by atoms with Gasteiger partial charge in [0.2, 0.25) is 10.0 Å². The minimum Gasteiger partial charge on any atom is -0.229 e. The first-order valence-electron chi connectivity index (χ1n) is 6.26. The molecule has 118 valence electrons. The van der Waals surface area contributed by atoms with Crippen molar-refractivity contribution in [2.75, 3.05) is 18.1 Å². The van der Waals surface area contributed by atoms with Crippen LogP contribution in [0.2, 0.25) is 10.0 Å². The number of aryl methyl sites for hydroxylation is 1. The Balaban J connectivity index is 2.14. The predicted octanol–water partition coefficient (Wildman–Crippen LogP) is 2.01. The summed E-state index contributed by atoms with van der Waals surface area (Å²) in [5, 5.41) is 0.429. The second kappa shape index (κ2) is 6.04. The molecule has 0 aliphatic carbocycles. The maximum Gasteiger partial charge on any atom is 0.242 e. The van der Waals surface area contributed by atoms with Crippen molar-refractivity contribution in [3.05, 3.63) is 27.7 Å². The summed E-state index contributed by atoms with van der Waals surface area (Å²) in [5.41, 5.74) is 0.602. The molecule has 1 aliphatic heterocycles. The third-order valence-corrected chi connectivity index (χ3v) is 7.52. The molecule has 2 rings (SSSR count). The highest BCUT2D eigenvalue weighted by atomic mass is 35.5. The Kier molecular flexibility index (Phi) is 4.90. The molecule has 1 N–H and O–H groups in total. The summed E-state index contributed by atoms with van der Waals surface area (Å²) in [7, 11) is -6.82. The number of hydrogen-bond donors (Lipinski definition) is 1. The quantitative estimate of drug-likeness (QED) is 0.877. The standard InChI is InChI=1S/C12H15Cl2NO4S2/c1-8-4-12(11(14)5-10(8)13)21(18,19)15-6-9-2-3-20(16,17)7-9/h4-5,9,15H,2-3,6-7H2,1H3. The van der Waals surface area contributed by atoms with Gasteiger partial charge in [0.25, 0.3) is 0 Å². The van der Waals surface area contributed by atoms with Gasteiger partial charge in [-0.3, -0.25) is 0 Å². The molecule has 1 aliphatic rings. The Morgan fingerprint density at radius 1 is 1.29 bits per heavy atom. The molecule has 0 spiro atoms. The van der Waals surface area contributed by atoms with E-state index in [4.69, 9.17) is 23.2 Å². The summed E-state index contributed by atoms with van der Waals surface area (Å²) in [5.74, 6) is -0.0692. The van der Waals surface area contributed by atoms with E-state index in [0.29, 0.717) is 17.0 Å². The second-order valence-electron chi connectivity index (χ2n) is 5.15. The molecule has 1 fully saturated rings. The number of hydrogen-bond acceptors (Lipinski definition) is 4. The highest BCUT2D eigenvalue weighted by Crippen LogP contribution is 2.28. The number of rotatable bonds is 4. The number of sulfone groups is 1. The van der Waals surface area contributed by atoms with Crippen LogP contribution in [0.5, 0.6) is 0 Å². The van der Waals surface area contributed by atoms with Crippen molar-refractivity contribution in [1.29, 1.82) is 0 Å². The van der Waals surface area contributed by atoms with Crippen molar-refractivity contribution in [3.63, 3.8) is 0 Å². The Hall–Kier alpha value is -0.340. The maximum absolute atomic E-state index is 12.2. The molecule has 1 aromatic carbocycles. The number of nitrogens with one attached hydrogen (secondary N) is 1. The maximum atomic E-state index is 12.2. The molecule has 1 aromatic rings. The van der Waals surface area contributed by atoms with E-state index in [1.807, 2.05) is 0 Å². The van der Waals surface area contributed by atoms with Crippen LogP contribution in [0, 0.1) is 12.8 Å². The average molecular weight is 372 g/mol. The zero-order valence-electron chi connectivity index (χ0n) is 11.3. The number of benzene rings is 1. The van der Waals surface area contributed by atoms with Gasteiger partial charge in [-0.15, -0.1) is 0 Å².